The highest BCUT2D eigenvalue weighted by molar-refractivity contribution is 8.17. The lowest BCUT2D eigenvalue weighted by Gasteiger charge is -2.42. The van der Waals surface area contributed by atoms with Crippen LogP contribution in [0.15, 0.2) is 71.9 Å². The van der Waals surface area contributed by atoms with Gasteiger partial charge in [0.2, 0.25) is 53.2 Å². The van der Waals surface area contributed by atoms with Gasteiger partial charge < -0.3 is 62.8 Å². The molecule has 2 aromatic carbocycles. The van der Waals surface area contributed by atoms with Crippen LogP contribution in [-0.4, -0.2) is 297 Å². The number of thioether (sulfide) groups is 2. The highest BCUT2D eigenvalue weighted by Gasteiger charge is 2.67. The minimum absolute atomic E-state index is 0.143. The van der Waals surface area contributed by atoms with Gasteiger partial charge in [0.1, 0.15) is 65.7 Å². The van der Waals surface area contributed by atoms with Crippen LogP contribution in [0.5, 0.6) is 0 Å². The first-order valence-electron chi connectivity index (χ1n) is 41.4. The monoisotopic (exact) mass is 1800 g/mol. The molecule has 9 heterocycles. The van der Waals surface area contributed by atoms with Gasteiger partial charge in [-0.1, -0.05) is 96.8 Å². The molecule has 0 aliphatic carbocycles. The van der Waals surface area contributed by atoms with Crippen LogP contribution < -0.4 is 20.4 Å². The van der Waals surface area contributed by atoms with Gasteiger partial charge in [-0.25, -0.2) is 14.4 Å². The lowest BCUT2D eigenvalue weighted by atomic mass is 9.83. The maximum absolute atomic E-state index is 15.1. The van der Waals surface area contributed by atoms with E-state index in [1.165, 1.54) is 71.0 Å². The molecular weight excluding hydrogens is 1690 g/mol. The molecular formula is C86H112Cl2N10O24S2. The Kier molecular flexibility index (Phi) is 30.3. The number of esters is 2. The van der Waals surface area contributed by atoms with Gasteiger partial charge in [0.15, 0.2) is 11.4 Å². The van der Waals surface area contributed by atoms with Gasteiger partial charge >= 0.3 is 24.1 Å². The number of anilines is 2. The lowest BCUT2D eigenvalue weighted by Crippen LogP contribution is -2.63. The van der Waals surface area contributed by atoms with Crippen LogP contribution in [0.25, 0.3) is 0 Å². The molecule has 0 saturated carbocycles. The number of nitrogens with one attached hydrogen (secondary N) is 2. The third kappa shape index (κ3) is 21.2. The van der Waals surface area contributed by atoms with E-state index in [0.717, 1.165) is 70.5 Å². The van der Waals surface area contributed by atoms with E-state index >= 15 is 9.59 Å². The number of carbonyl (C=O) groups excluding carboxylic acids is 14. The summed E-state index contributed by atoms with van der Waals surface area (Å²) in [5.74, 6) is -10.3. The quantitative estimate of drug-likeness (QED) is 0.0602. The number of likely N-dealkylation sites (N-methyl/N-ethyl adjacent to an activating group) is 2. The molecule has 38 heteroatoms. The fourth-order valence-corrected chi connectivity index (χ4v) is 20.3. The lowest BCUT2D eigenvalue weighted by molar-refractivity contribution is -0.167. The summed E-state index contributed by atoms with van der Waals surface area (Å²) >= 11 is 16.1. The number of hydrogen-bond donors (Lipinski definition) is 4. The van der Waals surface area contributed by atoms with Crippen molar-refractivity contribution in [3.05, 3.63) is 104 Å². The summed E-state index contributed by atoms with van der Waals surface area (Å²) in [5.41, 5.74) is -1.53. The topological polar surface area (TPSA) is 410 Å². The fraction of sp³-hybridized carbons (Fsp3) is 0.605. The number of allylic oxidation sites excluding steroid dienone is 6. The van der Waals surface area contributed by atoms with Crippen LogP contribution in [0.3, 0.4) is 0 Å². The largest absolute Gasteiger partial charge is 0.457 e. The number of Topliss-reactive ketones (excluding diaryl/α,β-unsaturated/α-hetero) is 1. The van der Waals surface area contributed by atoms with E-state index in [0.29, 0.717) is 40.4 Å². The molecule has 0 aromatic heterocycles. The third-order valence-electron chi connectivity index (χ3n) is 25.2. The molecule has 11 rings (SSSR count). The molecule has 7 saturated heterocycles. The number of methoxy groups -OCH3 is 2. The number of rotatable bonds is 16. The molecule has 9 aliphatic rings. The Hall–Kier alpha value is -8.82. The summed E-state index contributed by atoms with van der Waals surface area (Å²) in [6.45, 7) is 14.1. The average Bonchev–Trinajstić information content (AvgIpc) is 1.57. The SMILES string of the molecule is CO[C@@H]1/C=C/C=C(\C)Cc2cc(C)c(Cl)c(c2)N(C)C(=O)C[C@H](OC(=O)[C@H](C)N(C)CC(=O)CCN2C(=O)CCN3C(=O)CC(SCSC4CC(=O)N(CCC(=O)N2CCC(=O)N(C)[C@@H](C)C(=O)O[C@H]2CC(=O)N(C)c5cc(cc(C)c5Cl)C/C(C)=C/C=C/[C@@H](OC)[C@@]5(O)CC(OC(=O)N5)[C@@H](C)[C@H]5O[C@@]25C)C4=O)C3=O)[C@]2(C)O[C@@H]2[C@H](C)C2C[C@@]1(O)NC(=O)O2. The Morgan fingerprint density at radius 1 is 0.589 bits per heavy atom. The van der Waals surface area contributed by atoms with Gasteiger partial charge in [-0.2, -0.15) is 0 Å². The summed E-state index contributed by atoms with van der Waals surface area (Å²) < 4.78 is 48.5. The zero-order valence-corrected chi connectivity index (χ0v) is 75.8. The Morgan fingerprint density at radius 2 is 0.992 bits per heavy atom. The third-order valence-corrected chi connectivity index (χ3v) is 28.8. The second-order valence-electron chi connectivity index (χ2n) is 34.1. The number of benzene rings is 2. The Morgan fingerprint density at radius 3 is 1.40 bits per heavy atom. The predicted molar refractivity (Wildman–Crippen MR) is 455 cm³/mol. The number of aliphatic hydroxyl groups is 2. The Balaban J connectivity index is 0.836. The number of imide groups is 2. The highest BCUT2D eigenvalue weighted by Crippen LogP contribution is 2.52. The first-order valence-corrected chi connectivity index (χ1v) is 44.2. The molecule has 124 heavy (non-hydrogen) atoms. The Labute approximate surface area is 738 Å². The number of fused-ring (bicyclic) bond motifs is 14. The van der Waals surface area contributed by atoms with Gasteiger partial charge in [0.25, 0.3) is 0 Å². The van der Waals surface area contributed by atoms with Crippen LogP contribution >= 0.6 is 46.7 Å². The summed E-state index contributed by atoms with van der Waals surface area (Å²) in [4.78, 5) is 208. The predicted octanol–water partition coefficient (Wildman–Crippen LogP) is 6.51. The van der Waals surface area contributed by atoms with Crippen LogP contribution in [-0.2, 0) is 108 Å². The van der Waals surface area contributed by atoms with Crippen LogP contribution in [0.4, 0.5) is 21.0 Å². The van der Waals surface area contributed by atoms with E-state index in [-0.39, 0.29) is 35.8 Å². The zero-order valence-electron chi connectivity index (χ0n) is 72.6. The van der Waals surface area contributed by atoms with E-state index in [4.69, 9.17) is 61.1 Å². The van der Waals surface area contributed by atoms with Crippen LogP contribution in [0.2, 0.25) is 10.0 Å². The van der Waals surface area contributed by atoms with Crippen molar-refractivity contribution >= 4 is 141 Å². The van der Waals surface area contributed by atoms with Gasteiger partial charge in [-0.3, -0.25) is 88.1 Å². The van der Waals surface area contributed by atoms with E-state index < -0.39 is 260 Å². The molecule has 4 unspecified atom stereocenters. The van der Waals surface area contributed by atoms with E-state index in [1.54, 1.807) is 78.0 Å². The molecule has 9 aliphatic heterocycles. The number of hydrogen-bond acceptors (Lipinski definition) is 27. The minimum atomic E-state index is -1.99. The number of hydrazine groups is 1. The number of epoxide rings is 2. The molecule has 11 amide bonds. The number of ether oxygens (including phenoxy) is 8. The van der Waals surface area contributed by atoms with Crippen molar-refractivity contribution in [2.75, 3.05) is 90.0 Å². The first kappa shape index (κ1) is 95.8. The molecule has 676 valence electrons. The van der Waals surface area contributed by atoms with Crippen molar-refractivity contribution in [1.29, 1.82) is 0 Å². The number of amides is 11. The second kappa shape index (κ2) is 39.2. The zero-order chi connectivity index (χ0) is 90.8. The number of carbonyl (C=O) groups is 14. The maximum Gasteiger partial charge on any atom is 0.409 e. The van der Waals surface area contributed by atoms with E-state index in [9.17, 15) is 67.7 Å². The average molecular weight is 1800 g/mol. The number of alkyl carbamates (subject to hydrolysis) is 2. The number of aryl methyl sites for hydroxylation is 2. The van der Waals surface area contributed by atoms with Crippen LogP contribution in [0, 0.1) is 25.7 Å². The molecule has 2 aromatic rings. The summed E-state index contributed by atoms with van der Waals surface area (Å²) in [6, 6.07) is 4.56. The van der Waals surface area contributed by atoms with E-state index in [2.05, 4.69) is 10.6 Å². The van der Waals surface area contributed by atoms with Gasteiger partial charge in [0.05, 0.1) is 70.1 Å². The van der Waals surface area contributed by atoms with Crippen molar-refractivity contribution in [3.63, 3.8) is 0 Å². The van der Waals surface area contributed by atoms with E-state index in [1.807, 2.05) is 38.1 Å². The highest BCUT2D eigenvalue weighted by atomic mass is 35.5. The minimum Gasteiger partial charge on any atom is -0.457 e. The van der Waals surface area contributed by atoms with Crippen molar-refractivity contribution in [2.45, 2.75) is 240 Å². The normalized spacial score (nSPS) is 32.6. The first-order chi connectivity index (χ1) is 58.3. The number of ketones is 1. The number of halogens is 2. The van der Waals surface area contributed by atoms with Gasteiger partial charge in [0, 0.05) is 123 Å². The van der Waals surface area contributed by atoms with Gasteiger partial charge in [-0.15, -0.1) is 23.5 Å². The second-order valence-corrected chi connectivity index (χ2v) is 37.6. The molecule has 12 bridgehead atoms. The Bertz CT molecular complexity index is 4700. The smallest absolute Gasteiger partial charge is 0.409 e. The molecule has 0 spiro atoms. The van der Waals surface area contributed by atoms with Gasteiger partial charge in [-0.05, 0) is 110 Å². The van der Waals surface area contributed by atoms with Crippen molar-refractivity contribution in [3.8, 4) is 0 Å². The van der Waals surface area contributed by atoms with Crippen molar-refractivity contribution < 1.29 is 115 Å². The number of nitrogens with zero attached hydrogens (tertiary/aromatic N) is 8. The van der Waals surface area contributed by atoms with Crippen molar-refractivity contribution in [1.82, 2.24) is 40.3 Å². The molecule has 18 atom stereocenters. The summed E-state index contributed by atoms with van der Waals surface area (Å²) in [6.07, 6.45) is -3.87. The fourth-order valence-electron chi connectivity index (χ4n) is 17.1. The summed E-state index contributed by atoms with van der Waals surface area (Å²) in [7, 11) is 8.52. The molecule has 0 radical (unpaired) electrons. The van der Waals surface area contributed by atoms with Crippen LogP contribution in [0.1, 0.15) is 142 Å². The van der Waals surface area contributed by atoms with Crippen molar-refractivity contribution in [2.24, 2.45) is 11.8 Å². The molecule has 7 fully saturated rings. The molecule has 34 nitrogen and oxygen atoms in total. The summed E-state index contributed by atoms with van der Waals surface area (Å²) in [5, 5.41) is 29.9. The molecule has 4 N–H and O–H groups in total. The maximum atomic E-state index is 15.1. The standard InChI is InChI=1S/C86H112Cl2N10O24S2/c1-45-19-17-21-62(115-15)85(113)41-58(117-81(111)89-85)49(5)75-83(9,121-75)64(39-69(103)93(13)56-35-53(31-45)33-47(3)73(56)87)119-79(109)51(7)91(11)43-55(99)23-29-97-67(101)24-27-95-71(105)37-60(77(95)107)123-44-124-61-38-72(106)96(78(61)108)28-25-68(102)98(97)30-26-66(100)92(12)52(8)80(110)120-65-40-70(104)94(14)57-36-54(34-48(4)74(57)88)32-46(2)20-18-22-63(116-16)86(114)42-59(118-82(112)90-86)50(6)76-84(65,10)122-76/h17-22,33-36,49-52,58-65,75-76,113-114H,23-32,37-44H2,1-16H3,(H,89,111)(H,90,112)/b21-17+,22-18+,45-19+,46-20+/t49-,50-,51+,52+,58?,59?,60?,61?,62-,63-,64+,65+,75-,76-,83+,84+,85+,86+/m1/s1.